The molecule has 0 radical (unpaired) electrons. The molecule has 22 heavy (non-hydrogen) atoms. The topological polar surface area (TPSA) is 53.9 Å². The van der Waals surface area contributed by atoms with Crippen LogP contribution in [0.25, 0.3) is 0 Å². The number of thioether (sulfide) groups is 1. The molecule has 1 spiro atoms. The fraction of sp³-hybridized carbons (Fsp3) is 0.467. The number of benzene rings is 1. The van der Waals surface area contributed by atoms with Gasteiger partial charge in [0.15, 0.2) is 0 Å². The molecule has 4 rings (SSSR count). The molecule has 3 aliphatic heterocycles. The van der Waals surface area contributed by atoms with E-state index in [4.69, 9.17) is 4.74 Å². The van der Waals surface area contributed by atoms with Crippen LogP contribution in [0.3, 0.4) is 0 Å². The van der Waals surface area contributed by atoms with E-state index in [1.54, 1.807) is 6.07 Å². The first kappa shape index (κ1) is 13.9. The maximum absolute atomic E-state index is 13.4. The fourth-order valence-corrected chi connectivity index (χ4v) is 4.29. The Morgan fingerprint density at radius 3 is 2.82 bits per heavy atom. The third-order valence-electron chi connectivity index (χ3n) is 4.39. The second-order valence-electron chi connectivity index (χ2n) is 6.07. The Kier molecular flexibility index (Phi) is 3.25. The zero-order chi connectivity index (χ0) is 15.2. The molecule has 116 valence electrons. The number of halogens is 1. The molecule has 1 aromatic rings. The zero-order valence-corrected chi connectivity index (χ0v) is 12.8. The van der Waals surface area contributed by atoms with Crippen LogP contribution in [-0.4, -0.2) is 43.0 Å². The van der Waals surface area contributed by atoms with Gasteiger partial charge in [-0.3, -0.25) is 0 Å². The van der Waals surface area contributed by atoms with Crippen molar-refractivity contribution in [3.05, 3.63) is 29.3 Å². The molecule has 0 aromatic heterocycles. The average molecular weight is 321 g/mol. The first-order chi connectivity index (χ1) is 10.7. The van der Waals surface area contributed by atoms with Crippen molar-refractivity contribution < 1.29 is 13.9 Å². The van der Waals surface area contributed by atoms with Gasteiger partial charge in [0.05, 0.1) is 0 Å². The molecule has 2 fully saturated rings. The largest absolute Gasteiger partial charge is 0.442 e. The molecule has 0 bridgehead atoms. The number of nitrogens with zero attached hydrogens (tertiary/aromatic N) is 2. The van der Waals surface area contributed by atoms with E-state index in [2.05, 4.69) is 15.4 Å². The lowest BCUT2D eigenvalue weighted by Gasteiger charge is -2.56. The molecule has 1 aromatic carbocycles. The summed E-state index contributed by atoms with van der Waals surface area (Å²) >= 11 is 1.98. The van der Waals surface area contributed by atoms with E-state index in [1.165, 1.54) is 11.5 Å². The van der Waals surface area contributed by atoms with Crippen LogP contribution in [0, 0.1) is 5.41 Å². The quantitative estimate of drug-likeness (QED) is 0.927. The molecule has 1 N–H and O–H groups in total. The Labute approximate surface area is 131 Å². The Bertz CT molecular complexity index is 652. The summed E-state index contributed by atoms with van der Waals surface area (Å²) in [6.45, 7) is 1.64. The highest BCUT2D eigenvalue weighted by atomic mass is 32.2. The second kappa shape index (κ2) is 5.15. The van der Waals surface area contributed by atoms with Gasteiger partial charge in [-0.1, -0.05) is 6.07 Å². The van der Waals surface area contributed by atoms with Gasteiger partial charge in [-0.05, 0) is 12.1 Å². The molecule has 0 unspecified atom stereocenters. The number of cyclic esters (lactones) is 1. The highest BCUT2D eigenvalue weighted by Crippen LogP contribution is 2.47. The van der Waals surface area contributed by atoms with Crippen LogP contribution in [0.2, 0.25) is 0 Å². The highest BCUT2D eigenvalue weighted by Gasteiger charge is 2.48. The maximum atomic E-state index is 13.4. The number of anilines is 1. The van der Waals surface area contributed by atoms with Gasteiger partial charge in [0.25, 0.3) is 0 Å². The summed E-state index contributed by atoms with van der Waals surface area (Å²) in [5.41, 5.74) is 5.77. The zero-order valence-electron chi connectivity index (χ0n) is 12.0. The summed E-state index contributed by atoms with van der Waals surface area (Å²) in [5, 5.41) is 3.96. The Morgan fingerprint density at radius 2 is 2.23 bits per heavy atom. The van der Waals surface area contributed by atoms with Crippen molar-refractivity contribution in [3.63, 3.8) is 0 Å². The Morgan fingerprint density at radius 1 is 1.41 bits per heavy atom. The van der Waals surface area contributed by atoms with Gasteiger partial charge in [0, 0.05) is 46.8 Å². The number of carbonyl (C=O) groups is 1. The summed E-state index contributed by atoms with van der Waals surface area (Å²) < 4.78 is 18.3. The molecule has 0 saturated carbocycles. The van der Waals surface area contributed by atoms with Crippen LogP contribution in [0.15, 0.2) is 23.3 Å². The lowest BCUT2D eigenvalue weighted by molar-refractivity contribution is 0.157. The molecular formula is C15H16FN3O2S. The van der Waals surface area contributed by atoms with E-state index in [0.717, 1.165) is 24.3 Å². The van der Waals surface area contributed by atoms with Gasteiger partial charge in [0.1, 0.15) is 19.0 Å². The first-order valence-corrected chi connectivity index (χ1v) is 8.36. The normalized spacial score (nSPS) is 22.3. The third-order valence-corrected chi connectivity index (χ3v) is 6.02. The molecule has 3 aliphatic rings. The molecule has 5 nitrogen and oxygen atoms in total. The van der Waals surface area contributed by atoms with Crippen molar-refractivity contribution in [2.45, 2.75) is 6.67 Å². The smallest absolute Gasteiger partial charge is 0.428 e. The number of hydrogen-bond acceptors (Lipinski definition) is 5. The van der Waals surface area contributed by atoms with Crippen LogP contribution in [0.4, 0.5) is 14.9 Å². The van der Waals surface area contributed by atoms with Crippen molar-refractivity contribution in [2.24, 2.45) is 10.5 Å². The molecule has 1 amide bonds. The summed E-state index contributed by atoms with van der Waals surface area (Å²) in [5.74, 6) is 2.45. The van der Waals surface area contributed by atoms with Crippen molar-refractivity contribution in [1.29, 1.82) is 0 Å². The van der Waals surface area contributed by atoms with E-state index >= 15 is 0 Å². The fourth-order valence-electron chi connectivity index (χ4n) is 3.15. The van der Waals surface area contributed by atoms with Crippen molar-refractivity contribution >= 4 is 29.3 Å². The maximum Gasteiger partial charge on any atom is 0.428 e. The Balaban J connectivity index is 1.55. The van der Waals surface area contributed by atoms with E-state index in [-0.39, 0.29) is 6.61 Å². The molecule has 2 saturated heterocycles. The van der Waals surface area contributed by atoms with Crippen LogP contribution < -0.4 is 10.3 Å². The number of nitrogens with one attached hydrogen (secondary N) is 1. The average Bonchev–Trinajstić information content (AvgIpc) is 2.45. The van der Waals surface area contributed by atoms with Gasteiger partial charge in [-0.25, -0.2) is 14.6 Å². The van der Waals surface area contributed by atoms with Gasteiger partial charge in [0.2, 0.25) is 0 Å². The van der Waals surface area contributed by atoms with Crippen molar-refractivity contribution in [2.75, 3.05) is 36.1 Å². The van der Waals surface area contributed by atoms with Gasteiger partial charge >= 0.3 is 6.09 Å². The predicted octanol–water partition coefficient (Wildman–Crippen LogP) is 2.15. The van der Waals surface area contributed by atoms with E-state index < -0.39 is 12.8 Å². The summed E-state index contributed by atoms with van der Waals surface area (Å²) in [6.07, 6.45) is -0.560. The summed E-state index contributed by atoms with van der Waals surface area (Å²) in [6, 6.07) is 5.66. The number of amides is 1. The van der Waals surface area contributed by atoms with Crippen LogP contribution in [0.1, 0.15) is 11.1 Å². The monoisotopic (exact) mass is 321 g/mol. The molecule has 0 atom stereocenters. The third kappa shape index (κ3) is 2.24. The molecule has 3 heterocycles. The van der Waals surface area contributed by atoms with Gasteiger partial charge in [-0.15, -0.1) is 0 Å². The number of hydrogen-bond donors (Lipinski definition) is 1. The molecule has 7 heteroatoms. The molecular weight excluding hydrogens is 305 g/mol. The minimum absolute atomic E-state index is 0.112. The summed E-state index contributed by atoms with van der Waals surface area (Å²) in [4.78, 5) is 13.2. The van der Waals surface area contributed by atoms with E-state index in [1.807, 2.05) is 23.9 Å². The van der Waals surface area contributed by atoms with Gasteiger partial charge < -0.3 is 9.64 Å². The van der Waals surface area contributed by atoms with Crippen molar-refractivity contribution in [3.8, 4) is 0 Å². The number of hydrazone groups is 1. The van der Waals surface area contributed by atoms with Gasteiger partial charge in [-0.2, -0.15) is 16.9 Å². The number of carbonyl (C=O) groups excluding carboxylic acids is 1. The predicted molar refractivity (Wildman–Crippen MR) is 84.2 cm³/mol. The summed E-state index contributed by atoms with van der Waals surface area (Å²) in [7, 11) is 0. The SMILES string of the molecule is O=C1NN=C(c2ccc(N3CC4(CSC4)C3)c(CF)c2)CO1. The Hall–Kier alpha value is -1.76. The first-order valence-electron chi connectivity index (χ1n) is 7.20. The number of alkyl halides is 1. The van der Waals surface area contributed by atoms with E-state index in [0.29, 0.717) is 16.7 Å². The number of ether oxygens (including phenoxy) is 1. The lowest BCUT2D eigenvalue weighted by Crippen LogP contribution is -2.63. The van der Waals surface area contributed by atoms with Crippen LogP contribution >= 0.6 is 11.8 Å². The standard InChI is InChI=1S/C15H16FN3O2S/c16-4-11-3-10(12-5-21-14(20)18-17-12)1-2-13(11)19-6-15(7-19)8-22-9-15/h1-3H,4-9H2,(H,18,20). The van der Waals surface area contributed by atoms with Crippen molar-refractivity contribution in [1.82, 2.24) is 5.43 Å². The number of rotatable bonds is 3. The molecule has 0 aliphatic carbocycles. The van der Waals surface area contributed by atoms with Crippen LogP contribution in [0.5, 0.6) is 0 Å². The minimum atomic E-state index is -0.560. The van der Waals surface area contributed by atoms with E-state index in [9.17, 15) is 9.18 Å². The van der Waals surface area contributed by atoms with Crippen LogP contribution in [-0.2, 0) is 11.4 Å². The lowest BCUT2D eigenvalue weighted by atomic mass is 9.82. The minimum Gasteiger partial charge on any atom is -0.442 e. The highest BCUT2D eigenvalue weighted by molar-refractivity contribution is 8.00. The second-order valence-corrected chi connectivity index (χ2v) is 7.06.